The summed E-state index contributed by atoms with van der Waals surface area (Å²) < 4.78 is 25.7. The lowest BCUT2D eigenvalue weighted by Crippen LogP contribution is -2.26. The van der Waals surface area contributed by atoms with Crippen LogP contribution >= 0.6 is 0 Å². The van der Waals surface area contributed by atoms with Crippen LogP contribution < -0.4 is 11.1 Å². The maximum absolute atomic E-state index is 12.8. The van der Waals surface area contributed by atoms with Gasteiger partial charge >= 0.3 is 0 Å². The Hall–Kier alpha value is -1.49. The normalized spacial score (nSPS) is 12.2. The Balaban J connectivity index is 2.56. The quantitative estimate of drug-likeness (QED) is 0.833. The van der Waals surface area contributed by atoms with Crippen molar-refractivity contribution in [3.05, 3.63) is 29.8 Å². The second kappa shape index (κ2) is 6.30. The van der Waals surface area contributed by atoms with Gasteiger partial charge in [0.05, 0.1) is 0 Å². The van der Waals surface area contributed by atoms with E-state index in [1.54, 1.807) is 0 Å². The summed E-state index contributed by atoms with van der Waals surface area (Å²) in [6.45, 7) is 1.97. The van der Waals surface area contributed by atoms with Crippen molar-refractivity contribution in [2.45, 2.75) is 32.2 Å². The predicted octanol–water partition coefficient (Wildman–Crippen LogP) is 2.42. The number of halogens is 2. The van der Waals surface area contributed by atoms with Crippen molar-refractivity contribution in [1.29, 1.82) is 0 Å². The van der Waals surface area contributed by atoms with E-state index in [9.17, 15) is 13.6 Å². The monoisotopic (exact) mass is 242 g/mol. The van der Waals surface area contributed by atoms with Gasteiger partial charge in [0.1, 0.15) is 11.6 Å². The van der Waals surface area contributed by atoms with Crippen LogP contribution in [0.4, 0.5) is 14.5 Å². The van der Waals surface area contributed by atoms with Crippen LogP contribution in [0.3, 0.4) is 0 Å². The standard InChI is InChI=1S/C12H16F2N2O/c1-2-3-10(15)7-12(17)16-11-5-8(13)4-9(14)6-11/h4-6,10H,2-3,7,15H2,1H3,(H,16,17). The Morgan fingerprint density at radius 3 is 2.47 bits per heavy atom. The second-order valence-corrected chi connectivity index (χ2v) is 3.96. The SMILES string of the molecule is CCCC(N)CC(=O)Nc1cc(F)cc(F)c1. The van der Waals surface area contributed by atoms with Gasteiger partial charge in [-0.1, -0.05) is 13.3 Å². The molecule has 0 fully saturated rings. The molecule has 1 rings (SSSR count). The van der Waals surface area contributed by atoms with E-state index in [0.717, 1.165) is 31.0 Å². The molecule has 0 aliphatic rings. The first kappa shape index (κ1) is 13.6. The third kappa shape index (κ3) is 4.91. The zero-order chi connectivity index (χ0) is 12.8. The van der Waals surface area contributed by atoms with E-state index in [2.05, 4.69) is 5.32 Å². The first-order valence-electron chi connectivity index (χ1n) is 5.52. The van der Waals surface area contributed by atoms with Crippen molar-refractivity contribution >= 4 is 11.6 Å². The summed E-state index contributed by atoms with van der Waals surface area (Å²) in [5, 5.41) is 2.41. The van der Waals surface area contributed by atoms with Crippen LogP contribution in [0.2, 0.25) is 0 Å². The van der Waals surface area contributed by atoms with Gasteiger partial charge < -0.3 is 11.1 Å². The van der Waals surface area contributed by atoms with Gasteiger partial charge in [-0.25, -0.2) is 8.78 Å². The van der Waals surface area contributed by atoms with E-state index in [4.69, 9.17) is 5.73 Å². The van der Waals surface area contributed by atoms with Crippen molar-refractivity contribution in [2.75, 3.05) is 5.32 Å². The van der Waals surface area contributed by atoms with Crippen LogP contribution in [-0.4, -0.2) is 11.9 Å². The second-order valence-electron chi connectivity index (χ2n) is 3.96. The van der Waals surface area contributed by atoms with E-state index in [1.807, 2.05) is 6.92 Å². The first-order valence-corrected chi connectivity index (χ1v) is 5.52. The van der Waals surface area contributed by atoms with Gasteiger partial charge in [-0.2, -0.15) is 0 Å². The maximum Gasteiger partial charge on any atom is 0.225 e. The number of nitrogens with one attached hydrogen (secondary N) is 1. The third-order valence-corrected chi connectivity index (χ3v) is 2.25. The molecule has 1 unspecified atom stereocenters. The molecule has 1 amide bonds. The molecule has 0 aromatic heterocycles. The number of amides is 1. The smallest absolute Gasteiger partial charge is 0.225 e. The molecule has 94 valence electrons. The van der Waals surface area contributed by atoms with Gasteiger partial charge in [0.2, 0.25) is 5.91 Å². The molecule has 0 bridgehead atoms. The lowest BCUT2D eigenvalue weighted by atomic mass is 10.1. The number of carbonyl (C=O) groups is 1. The molecule has 0 spiro atoms. The third-order valence-electron chi connectivity index (χ3n) is 2.25. The predicted molar refractivity (Wildman–Crippen MR) is 62.5 cm³/mol. The zero-order valence-electron chi connectivity index (χ0n) is 9.67. The largest absolute Gasteiger partial charge is 0.327 e. The lowest BCUT2D eigenvalue weighted by Gasteiger charge is -2.10. The Labute approximate surface area is 99.0 Å². The average Bonchev–Trinajstić information content (AvgIpc) is 2.14. The number of benzene rings is 1. The highest BCUT2D eigenvalue weighted by Gasteiger charge is 2.10. The number of hydrogen-bond acceptors (Lipinski definition) is 2. The molecule has 0 aliphatic heterocycles. The van der Waals surface area contributed by atoms with E-state index in [-0.39, 0.29) is 24.1 Å². The molecule has 17 heavy (non-hydrogen) atoms. The van der Waals surface area contributed by atoms with E-state index in [1.165, 1.54) is 0 Å². The highest BCUT2D eigenvalue weighted by Crippen LogP contribution is 2.13. The Kier molecular flexibility index (Phi) is 5.03. The summed E-state index contributed by atoms with van der Waals surface area (Å²) in [6, 6.07) is 2.65. The molecule has 0 saturated heterocycles. The number of rotatable bonds is 5. The Bertz CT molecular complexity index is 376. The van der Waals surface area contributed by atoms with Crippen molar-refractivity contribution < 1.29 is 13.6 Å². The fourth-order valence-electron chi connectivity index (χ4n) is 1.55. The van der Waals surface area contributed by atoms with Gasteiger partial charge in [-0.15, -0.1) is 0 Å². The number of nitrogens with two attached hydrogens (primary N) is 1. The van der Waals surface area contributed by atoms with Crippen molar-refractivity contribution in [3.8, 4) is 0 Å². The summed E-state index contributed by atoms with van der Waals surface area (Å²) in [7, 11) is 0. The lowest BCUT2D eigenvalue weighted by molar-refractivity contribution is -0.116. The molecule has 0 saturated carbocycles. The van der Waals surface area contributed by atoms with Crippen LogP contribution in [0, 0.1) is 11.6 Å². The minimum Gasteiger partial charge on any atom is -0.327 e. The summed E-state index contributed by atoms with van der Waals surface area (Å²) >= 11 is 0. The molecule has 1 aromatic carbocycles. The number of carbonyl (C=O) groups excluding carboxylic acids is 1. The molecule has 5 heteroatoms. The minimum absolute atomic E-state index is 0.108. The van der Waals surface area contributed by atoms with Crippen LogP contribution in [0.1, 0.15) is 26.2 Å². The molecule has 3 nitrogen and oxygen atoms in total. The van der Waals surface area contributed by atoms with Gasteiger partial charge in [-0.3, -0.25) is 4.79 Å². The minimum atomic E-state index is -0.724. The maximum atomic E-state index is 12.8. The van der Waals surface area contributed by atoms with Gasteiger partial charge in [0, 0.05) is 24.2 Å². The zero-order valence-corrected chi connectivity index (χ0v) is 9.67. The topological polar surface area (TPSA) is 55.1 Å². The summed E-state index contributed by atoms with van der Waals surface area (Å²) in [4.78, 5) is 11.5. The van der Waals surface area contributed by atoms with Crippen LogP contribution in [0.15, 0.2) is 18.2 Å². The summed E-state index contributed by atoms with van der Waals surface area (Å²) in [5.41, 5.74) is 5.80. The van der Waals surface area contributed by atoms with E-state index in [0.29, 0.717) is 0 Å². The summed E-state index contributed by atoms with van der Waals surface area (Å²) in [5.74, 6) is -1.78. The van der Waals surface area contributed by atoms with Gasteiger partial charge in [0.15, 0.2) is 0 Å². The van der Waals surface area contributed by atoms with Crippen molar-refractivity contribution in [2.24, 2.45) is 5.73 Å². The highest BCUT2D eigenvalue weighted by atomic mass is 19.1. The molecule has 1 aromatic rings. The van der Waals surface area contributed by atoms with Crippen molar-refractivity contribution in [3.63, 3.8) is 0 Å². The molecular weight excluding hydrogens is 226 g/mol. The van der Waals surface area contributed by atoms with E-state index >= 15 is 0 Å². The molecule has 3 N–H and O–H groups in total. The first-order chi connectivity index (χ1) is 8.01. The molecule has 1 atom stereocenters. The van der Waals surface area contributed by atoms with E-state index < -0.39 is 11.6 Å². The fraction of sp³-hybridized carbons (Fsp3) is 0.417. The fourth-order valence-corrected chi connectivity index (χ4v) is 1.55. The number of anilines is 1. The summed E-state index contributed by atoms with van der Waals surface area (Å²) in [6.07, 6.45) is 1.78. The van der Waals surface area contributed by atoms with Crippen LogP contribution in [-0.2, 0) is 4.79 Å². The van der Waals surface area contributed by atoms with Gasteiger partial charge in [-0.05, 0) is 18.6 Å². The Morgan fingerprint density at radius 1 is 1.35 bits per heavy atom. The average molecular weight is 242 g/mol. The van der Waals surface area contributed by atoms with Gasteiger partial charge in [0.25, 0.3) is 0 Å². The Morgan fingerprint density at radius 2 is 1.94 bits per heavy atom. The van der Waals surface area contributed by atoms with Crippen molar-refractivity contribution in [1.82, 2.24) is 0 Å². The van der Waals surface area contributed by atoms with Crippen LogP contribution in [0.25, 0.3) is 0 Å². The molecule has 0 heterocycles. The van der Waals surface area contributed by atoms with Crippen LogP contribution in [0.5, 0.6) is 0 Å². The molecule has 0 aliphatic carbocycles. The molecular formula is C12H16F2N2O. The number of hydrogen-bond donors (Lipinski definition) is 2. The molecule has 0 radical (unpaired) electrons. The highest BCUT2D eigenvalue weighted by molar-refractivity contribution is 5.91.